The molecule has 3 aromatic rings. The van der Waals surface area contributed by atoms with Gasteiger partial charge in [-0.1, -0.05) is 30.3 Å². The average molecular weight is 488 g/mol. The van der Waals surface area contributed by atoms with Crippen molar-refractivity contribution in [2.45, 2.75) is 38.6 Å². The molecule has 1 aliphatic heterocycles. The molecule has 1 aliphatic rings. The highest BCUT2D eigenvalue weighted by atomic mass is 16.5. The Hall–Kier alpha value is -4.13. The SMILES string of the molecule is CC(=O)N1CCC[C@@H]1COc1ccc(Oc2ccc(CC(=O)Cc3ccccc3C(=O)O)cc2)cc1. The summed E-state index contributed by atoms with van der Waals surface area (Å²) in [6.45, 7) is 2.86. The van der Waals surface area contributed by atoms with E-state index in [2.05, 4.69) is 0 Å². The first-order valence-electron chi connectivity index (χ1n) is 12.0. The Balaban J connectivity index is 1.27. The van der Waals surface area contributed by atoms with Gasteiger partial charge in [-0.3, -0.25) is 9.59 Å². The van der Waals surface area contributed by atoms with Crippen LogP contribution < -0.4 is 9.47 Å². The van der Waals surface area contributed by atoms with E-state index in [1.807, 2.05) is 41.3 Å². The Bertz CT molecular complexity index is 1220. The number of amides is 1. The molecule has 4 rings (SSSR count). The molecule has 7 heteroatoms. The van der Waals surface area contributed by atoms with Gasteiger partial charge in [0.2, 0.25) is 5.91 Å². The molecule has 0 bridgehead atoms. The molecule has 1 saturated heterocycles. The summed E-state index contributed by atoms with van der Waals surface area (Å²) >= 11 is 0. The lowest BCUT2D eigenvalue weighted by Gasteiger charge is -2.23. The molecule has 1 heterocycles. The van der Waals surface area contributed by atoms with Crippen LogP contribution in [0.3, 0.4) is 0 Å². The quantitative estimate of drug-likeness (QED) is 0.436. The van der Waals surface area contributed by atoms with E-state index in [-0.39, 0.29) is 36.1 Å². The van der Waals surface area contributed by atoms with E-state index in [4.69, 9.17) is 9.47 Å². The Labute approximate surface area is 210 Å². The summed E-state index contributed by atoms with van der Waals surface area (Å²) in [5, 5.41) is 9.29. The maximum absolute atomic E-state index is 12.5. The number of ketones is 1. The number of likely N-dealkylation sites (tertiary alicyclic amines) is 1. The van der Waals surface area contributed by atoms with E-state index in [1.54, 1.807) is 37.3 Å². The number of hydrogen-bond donors (Lipinski definition) is 1. The van der Waals surface area contributed by atoms with Crippen molar-refractivity contribution in [3.63, 3.8) is 0 Å². The predicted molar refractivity (Wildman–Crippen MR) is 135 cm³/mol. The van der Waals surface area contributed by atoms with Crippen molar-refractivity contribution in [3.8, 4) is 17.2 Å². The van der Waals surface area contributed by atoms with Gasteiger partial charge in [0.05, 0.1) is 11.6 Å². The van der Waals surface area contributed by atoms with Gasteiger partial charge < -0.3 is 19.5 Å². The Morgan fingerprint density at radius 1 is 0.889 bits per heavy atom. The zero-order chi connectivity index (χ0) is 25.5. The van der Waals surface area contributed by atoms with Crippen molar-refractivity contribution in [2.75, 3.05) is 13.2 Å². The molecule has 0 saturated carbocycles. The second-order valence-corrected chi connectivity index (χ2v) is 8.89. The van der Waals surface area contributed by atoms with E-state index in [0.717, 1.165) is 30.7 Å². The number of ether oxygens (including phenoxy) is 2. The van der Waals surface area contributed by atoms with E-state index in [9.17, 15) is 19.5 Å². The summed E-state index contributed by atoms with van der Waals surface area (Å²) in [6.07, 6.45) is 2.25. The largest absolute Gasteiger partial charge is 0.491 e. The molecule has 0 spiro atoms. The second-order valence-electron chi connectivity index (χ2n) is 8.89. The first-order valence-corrected chi connectivity index (χ1v) is 12.0. The fourth-order valence-corrected chi connectivity index (χ4v) is 4.42. The van der Waals surface area contributed by atoms with Gasteiger partial charge in [0, 0.05) is 26.3 Å². The molecule has 7 nitrogen and oxygen atoms in total. The fraction of sp³-hybridized carbons (Fsp3) is 0.276. The topological polar surface area (TPSA) is 93.1 Å². The van der Waals surface area contributed by atoms with Crippen LogP contribution in [0.15, 0.2) is 72.8 Å². The number of hydrogen-bond acceptors (Lipinski definition) is 5. The summed E-state index contributed by atoms with van der Waals surface area (Å²) in [4.78, 5) is 37.4. The zero-order valence-corrected chi connectivity index (χ0v) is 20.2. The van der Waals surface area contributed by atoms with E-state index in [0.29, 0.717) is 23.7 Å². The van der Waals surface area contributed by atoms with Crippen LogP contribution in [0.25, 0.3) is 0 Å². The lowest BCUT2D eigenvalue weighted by Crippen LogP contribution is -2.37. The summed E-state index contributed by atoms with van der Waals surface area (Å²) in [5.74, 6) is 1.01. The van der Waals surface area contributed by atoms with Crippen LogP contribution in [0.4, 0.5) is 0 Å². The first kappa shape index (κ1) is 25.0. The maximum atomic E-state index is 12.5. The van der Waals surface area contributed by atoms with Gasteiger partial charge in [-0.15, -0.1) is 0 Å². The van der Waals surface area contributed by atoms with E-state index >= 15 is 0 Å². The number of carboxylic acid groups (broad SMARTS) is 1. The predicted octanol–water partition coefficient (Wildman–Crippen LogP) is 4.92. The zero-order valence-electron chi connectivity index (χ0n) is 20.2. The minimum absolute atomic E-state index is 0.0583. The number of Topliss-reactive ketones (excluding diaryl/α,β-unsaturated/α-hetero) is 1. The molecule has 0 radical (unpaired) electrons. The monoisotopic (exact) mass is 487 g/mol. The highest BCUT2D eigenvalue weighted by Crippen LogP contribution is 2.25. The first-order chi connectivity index (χ1) is 17.4. The van der Waals surface area contributed by atoms with Gasteiger partial charge in [0.1, 0.15) is 29.6 Å². The fourth-order valence-electron chi connectivity index (χ4n) is 4.42. The van der Waals surface area contributed by atoms with Crippen molar-refractivity contribution in [1.82, 2.24) is 4.90 Å². The summed E-state index contributed by atoms with van der Waals surface area (Å²) < 4.78 is 11.8. The molecule has 36 heavy (non-hydrogen) atoms. The summed E-state index contributed by atoms with van der Waals surface area (Å²) in [5.41, 5.74) is 1.50. The van der Waals surface area contributed by atoms with Crippen LogP contribution >= 0.6 is 0 Å². The molecular formula is C29H29NO6. The van der Waals surface area contributed by atoms with Gasteiger partial charge in [0.15, 0.2) is 0 Å². The van der Waals surface area contributed by atoms with Gasteiger partial charge in [-0.2, -0.15) is 0 Å². The third-order valence-electron chi connectivity index (χ3n) is 6.24. The van der Waals surface area contributed by atoms with Gasteiger partial charge in [0.25, 0.3) is 0 Å². The Kier molecular flexibility index (Phi) is 8.00. The van der Waals surface area contributed by atoms with Crippen molar-refractivity contribution in [3.05, 3.63) is 89.5 Å². The molecule has 186 valence electrons. The van der Waals surface area contributed by atoms with Crippen molar-refractivity contribution < 1.29 is 29.0 Å². The van der Waals surface area contributed by atoms with Crippen LogP contribution in [-0.2, 0) is 22.4 Å². The number of benzene rings is 3. The van der Waals surface area contributed by atoms with E-state index < -0.39 is 5.97 Å². The van der Waals surface area contributed by atoms with E-state index in [1.165, 1.54) is 6.07 Å². The molecule has 0 aliphatic carbocycles. The molecular weight excluding hydrogens is 458 g/mol. The molecule has 1 amide bonds. The number of carbonyl (C=O) groups excluding carboxylic acids is 2. The highest BCUT2D eigenvalue weighted by molar-refractivity contribution is 5.92. The Morgan fingerprint density at radius 3 is 2.19 bits per heavy atom. The van der Waals surface area contributed by atoms with Gasteiger partial charge >= 0.3 is 5.97 Å². The standard InChI is InChI=1S/C29H29NO6/c1-20(31)30-16-4-6-23(30)19-35-25-12-14-27(15-13-25)36-26-10-8-21(9-11-26)17-24(32)18-22-5-2-3-7-28(22)29(33)34/h2-3,5,7-15,23H,4,6,16-19H2,1H3,(H,33,34)/t23-/m1/s1. The lowest BCUT2D eigenvalue weighted by molar-refractivity contribution is -0.130. The molecule has 3 aromatic carbocycles. The lowest BCUT2D eigenvalue weighted by atomic mass is 9.99. The smallest absolute Gasteiger partial charge is 0.335 e. The minimum Gasteiger partial charge on any atom is -0.491 e. The second kappa shape index (κ2) is 11.5. The van der Waals surface area contributed by atoms with Crippen LogP contribution in [0.5, 0.6) is 17.2 Å². The highest BCUT2D eigenvalue weighted by Gasteiger charge is 2.26. The number of nitrogens with zero attached hydrogens (tertiary/aromatic N) is 1. The van der Waals surface area contributed by atoms with Gasteiger partial charge in [-0.05, 0) is 66.4 Å². The van der Waals surface area contributed by atoms with Crippen molar-refractivity contribution in [2.24, 2.45) is 0 Å². The van der Waals surface area contributed by atoms with Crippen LogP contribution in [0, 0.1) is 0 Å². The number of rotatable bonds is 10. The molecule has 1 atom stereocenters. The number of carboxylic acids is 1. The summed E-state index contributed by atoms with van der Waals surface area (Å²) in [6, 6.07) is 21.3. The van der Waals surface area contributed by atoms with Crippen molar-refractivity contribution >= 4 is 17.7 Å². The normalized spacial score (nSPS) is 14.9. The third kappa shape index (κ3) is 6.50. The van der Waals surface area contributed by atoms with Crippen molar-refractivity contribution in [1.29, 1.82) is 0 Å². The molecule has 1 N–H and O–H groups in total. The average Bonchev–Trinajstić information content (AvgIpc) is 3.34. The summed E-state index contributed by atoms with van der Waals surface area (Å²) in [7, 11) is 0. The maximum Gasteiger partial charge on any atom is 0.335 e. The molecule has 0 aromatic heterocycles. The van der Waals surface area contributed by atoms with Crippen LogP contribution in [0.2, 0.25) is 0 Å². The van der Waals surface area contributed by atoms with Crippen LogP contribution in [0.1, 0.15) is 41.3 Å². The molecule has 0 unspecified atom stereocenters. The Morgan fingerprint density at radius 2 is 1.53 bits per heavy atom. The van der Waals surface area contributed by atoms with Crippen LogP contribution in [-0.4, -0.2) is 46.9 Å². The minimum atomic E-state index is -1.03. The third-order valence-corrected chi connectivity index (χ3v) is 6.24. The number of carbonyl (C=O) groups is 3. The van der Waals surface area contributed by atoms with Gasteiger partial charge in [-0.25, -0.2) is 4.79 Å². The molecule has 1 fully saturated rings. The number of aromatic carboxylic acids is 1.